The standard InChI is InChI=1S/C9H18N2O3S2/c1-11(5-2-9(10)15)16(12,13)8-3-6-14-7-4-8/h8H,2-7H2,1H3,(H2,10,15). The quantitative estimate of drug-likeness (QED) is 0.715. The molecule has 0 radical (unpaired) electrons. The molecule has 1 saturated heterocycles. The summed E-state index contributed by atoms with van der Waals surface area (Å²) in [6.07, 6.45) is 1.56. The van der Waals surface area contributed by atoms with Crippen molar-refractivity contribution in [1.82, 2.24) is 4.31 Å². The maximum atomic E-state index is 12.1. The third-order valence-electron chi connectivity index (χ3n) is 2.70. The molecule has 1 fully saturated rings. The molecule has 0 aromatic rings. The predicted octanol–water partition coefficient (Wildman–Crippen LogP) is 0.103. The second kappa shape index (κ2) is 5.90. The molecule has 1 aliphatic heterocycles. The van der Waals surface area contributed by atoms with Crippen molar-refractivity contribution in [2.75, 3.05) is 26.8 Å². The third-order valence-corrected chi connectivity index (χ3v) is 5.27. The average molecular weight is 266 g/mol. The number of thiocarbonyl (C=S) groups is 1. The molecule has 0 aliphatic carbocycles. The molecular formula is C9H18N2O3S2. The van der Waals surface area contributed by atoms with E-state index in [0.29, 0.717) is 44.0 Å². The average Bonchev–Trinajstić information content (AvgIpc) is 2.27. The Morgan fingerprint density at radius 1 is 1.50 bits per heavy atom. The summed E-state index contributed by atoms with van der Waals surface area (Å²) in [5, 5.41) is -0.322. The van der Waals surface area contributed by atoms with E-state index >= 15 is 0 Å². The lowest BCUT2D eigenvalue weighted by Gasteiger charge is -2.27. The minimum Gasteiger partial charge on any atom is -0.393 e. The summed E-state index contributed by atoms with van der Waals surface area (Å²) in [4.78, 5) is 0.342. The fourth-order valence-corrected chi connectivity index (χ4v) is 3.36. The van der Waals surface area contributed by atoms with Crippen LogP contribution in [0.1, 0.15) is 19.3 Å². The van der Waals surface area contributed by atoms with Crippen LogP contribution in [0.3, 0.4) is 0 Å². The molecule has 0 atom stereocenters. The van der Waals surface area contributed by atoms with Gasteiger partial charge in [0.15, 0.2) is 0 Å². The molecule has 0 aromatic carbocycles. The van der Waals surface area contributed by atoms with Gasteiger partial charge in [0, 0.05) is 33.2 Å². The van der Waals surface area contributed by atoms with Gasteiger partial charge in [-0.2, -0.15) is 0 Å². The molecule has 0 spiro atoms. The Kier molecular flexibility index (Phi) is 5.10. The van der Waals surface area contributed by atoms with E-state index < -0.39 is 10.0 Å². The number of ether oxygens (including phenoxy) is 1. The normalized spacial score (nSPS) is 18.9. The van der Waals surface area contributed by atoms with Gasteiger partial charge in [-0.1, -0.05) is 12.2 Å². The van der Waals surface area contributed by atoms with Gasteiger partial charge in [-0.25, -0.2) is 12.7 Å². The molecule has 0 aromatic heterocycles. The molecule has 0 amide bonds. The van der Waals surface area contributed by atoms with Gasteiger partial charge >= 0.3 is 0 Å². The first-order valence-electron chi connectivity index (χ1n) is 5.26. The highest BCUT2D eigenvalue weighted by atomic mass is 32.2. The van der Waals surface area contributed by atoms with E-state index in [9.17, 15) is 8.42 Å². The molecule has 94 valence electrons. The zero-order valence-electron chi connectivity index (χ0n) is 9.39. The summed E-state index contributed by atoms with van der Waals surface area (Å²) in [7, 11) is -1.65. The minimum atomic E-state index is -3.22. The Labute approximate surface area is 102 Å². The van der Waals surface area contributed by atoms with E-state index in [1.54, 1.807) is 7.05 Å². The second-order valence-electron chi connectivity index (χ2n) is 3.89. The summed E-state index contributed by atoms with van der Waals surface area (Å²) in [6.45, 7) is 1.40. The van der Waals surface area contributed by atoms with Crippen molar-refractivity contribution in [2.45, 2.75) is 24.5 Å². The number of nitrogens with zero attached hydrogens (tertiary/aromatic N) is 1. The van der Waals surface area contributed by atoms with Crippen LogP contribution in [0.25, 0.3) is 0 Å². The molecule has 0 bridgehead atoms. The molecule has 1 aliphatic rings. The molecule has 16 heavy (non-hydrogen) atoms. The molecule has 0 saturated carbocycles. The summed E-state index contributed by atoms with van der Waals surface area (Å²) in [5.41, 5.74) is 5.35. The van der Waals surface area contributed by atoms with Crippen molar-refractivity contribution in [3.05, 3.63) is 0 Å². The summed E-state index contributed by atoms with van der Waals surface area (Å²) in [6, 6.07) is 0. The summed E-state index contributed by atoms with van der Waals surface area (Å²) >= 11 is 4.73. The van der Waals surface area contributed by atoms with E-state index in [1.165, 1.54) is 4.31 Å². The molecule has 1 heterocycles. The van der Waals surface area contributed by atoms with Gasteiger partial charge in [0.25, 0.3) is 0 Å². The minimum absolute atomic E-state index is 0.322. The maximum Gasteiger partial charge on any atom is 0.216 e. The number of sulfonamides is 1. The van der Waals surface area contributed by atoms with E-state index in [4.69, 9.17) is 22.7 Å². The van der Waals surface area contributed by atoms with E-state index in [-0.39, 0.29) is 5.25 Å². The molecule has 5 nitrogen and oxygen atoms in total. The van der Waals surface area contributed by atoms with Crippen LogP contribution >= 0.6 is 12.2 Å². The van der Waals surface area contributed by atoms with Crippen LogP contribution < -0.4 is 5.73 Å². The second-order valence-corrected chi connectivity index (χ2v) is 6.74. The van der Waals surface area contributed by atoms with Crippen molar-refractivity contribution < 1.29 is 13.2 Å². The Balaban J connectivity index is 2.57. The lowest BCUT2D eigenvalue weighted by Crippen LogP contribution is -2.40. The maximum absolute atomic E-state index is 12.1. The third kappa shape index (κ3) is 3.65. The fourth-order valence-electron chi connectivity index (χ4n) is 1.62. The van der Waals surface area contributed by atoms with Crippen LogP contribution in [0.4, 0.5) is 0 Å². The van der Waals surface area contributed by atoms with Crippen LogP contribution in [-0.2, 0) is 14.8 Å². The van der Waals surface area contributed by atoms with Gasteiger partial charge in [-0.05, 0) is 12.8 Å². The fraction of sp³-hybridized carbons (Fsp3) is 0.889. The van der Waals surface area contributed by atoms with Crippen LogP contribution in [-0.4, -0.2) is 49.8 Å². The molecule has 0 unspecified atom stereocenters. The van der Waals surface area contributed by atoms with Crippen molar-refractivity contribution in [1.29, 1.82) is 0 Å². The van der Waals surface area contributed by atoms with Gasteiger partial charge in [-0.3, -0.25) is 0 Å². The smallest absolute Gasteiger partial charge is 0.216 e. The predicted molar refractivity (Wildman–Crippen MR) is 66.8 cm³/mol. The first-order valence-corrected chi connectivity index (χ1v) is 7.17. The van der Waals surface area contributed by atoms with Crippen LogP contribution in [0.15, 0.2) is 0 Å². The zero-order valence-corrected chi connectivity index (χ0v) is 11.0. The first kappa shape index (κ1) is 13.8. The highest BCUT2D eigenvalue weighted by molar-refractivity contribution is 7.89. The largest absolute Gasteiger partial charge is 0.393 e. The Hall–Kier alpha value is -0.240. The van der Waals surface area contributed by atoms with Gasteiger partial charge in [-0.15, -0.1) is 0 Å². The Morgan fingerprint density at radius 3 is 2.56 bits per heavy atom. The monoisotopic (exact) mass is 266 g/mol. The summed E-state index contributed by atoms with van der Waals surface area (Å²) < 4.78 is 30.7. The Morgan fingerprint density at radius 2 is 2.06 bits per heavy atom. The molecule has 2 N–H and O–H groups in total. The molecule has 1 rings (SSSR count). The number of hydrogen-bond acceptors (Lipinski definition) is 4. The van der Waals surface area contributed by atoms with E-state index in [0.717, 1.165) is 0 Å². The van der Waals surface area contributed by atoms with Crippen LogP contribution in [0, 0.1) is 0 Å². The van der Waals surface area contributed by atoms with Gasteiger partial charge < -0.3 is 10.5 Å². The zero-order chi connectivity index (χ0) is 12.2. The van der Waals surface area contributed by atoms with Gasteiger partial charge in [0.2, 0.25) is 10.0 Å². The highest BCUT2D eigenvalue weighted by Gasteiger charge is 2.30. The van der Waals surface area contributed by atoms with Crippen molar-refractivity contribution >= 4 is 27.2 Å². The van der Waals surface area contributed by atoms with Gasteiger partial charge in [0.05, 0.1) is 10.2 Å². The van der Waals surface area contributed by atoms with E-state index in [2.05, 4.69) is 0 Å². The van der Waals surface area contributed by atoms with Gasteiger partial charge in [0.1, 0.15) is 0 Å². The lowest BCUT2D eigenvalue weighted by molar-refractivity contribution is 0.0974. The van der Waals surface area contributed by atoms with Crippen LogP contribution in [0.2, 0.25) is 0 Å². The number of rotatable bonds is 5. The van der Waals surface area contributed by atoms with Crippen LogP contribution in [0.5, 0.6) is 0 Å². The molecular weight excluding hydrogens is 248 g/mol. The summed E-state index contributed by atoms with van der Waals surface area (Å²) in [5.74, 6) is 0. The van der Waals surface area contributed by atoms with Crippen molar-refractivity contribution in [3.8, 4) is 0 Å². The van der Waals surface area contributed by atoms with Crippen molar-refractivity contribution in [2.24, 2.45) is 5.73 Å². The SMILES string of the molecule is CN(CCC(N)=S)S(=O)(=O)C1CCOCC1. The lowest BCUT2D eigenvalue weighted by atomic mass is 10.2. The first-order chi connectivity index (χ1) is 7.44. The number of hydrogen-bond donors (Lipinski definition) is 1. The van der Waals surface area contributed by atoms with Crippen molar-refractivity contribution in [3.63, 3.8) is 0 Å². The van der Waals surface area contributed by atoms with E-state index in [1.807, 2.05) is 0 Å². The topological polar surface area (TPSA) is 72.6 Å². The highest BCUT2D eigenvalue weighted by Crippen LogP contribution is 2.18. The Bertz CT molecular complexity index is 337. The molecule has 7 heteroatoms. The number of nitrogens with two attached hydrogens (primary N) is 1.